The van der Waals surface area contributed by atoms with Gasteiger partial charge in [0.25, 0.3) is 0 Å². The maximum Gasteiger partial charge on any atom is 0.313 e. The number of esters is 1. The highest BCUT2D eigenvalue weighted by Gasteiger charge is 2.32. The van der Waals surface area contributed by atoms with Crippen molar-refractivity contribution in [3.05, 3.63) is 34.9 Å². The number of carbonyl (C=O) groups excluding carboxylic acids is 1. The van der Waals surface area contributed by atoms with Crippen molar-refractivity contribution in [2.75, 3.05) is 0 Å². The highest BCUT2D eigenvalue weighted by atomic mass is 35.5. The van der Waals surface area contributed by atoms with Gasteiger partial charge in [0.1, 0.15) is 6.10 Å². The fourth-order valence-electron chi connectivity index (χ4n) is 1.75. The molecule has 1 heterocycles. The summed E-state index contributed by atoms with van der Waals surface area (Å²) in [4.78, 5) is 11.4. The lowest BCUT2D eigenvalue weighted by atomic mass is 9.96. The summed E-state index contributed by atoms with van der Waals surface area (Å²) in [6.07, 6.45) is 0.769. The maximum atomic E-state index is 11.4. The molecule has 2 unspecified atom stereocenters. The molecule has 0 radical (unpaired) electrons. The van der Waals surface area contributed by atoms with Gasteiger partial charge in [0.05, 0.1) is 5.92 Å². The molecule has 1 fully saturated rings. The normalized spacial score (nSPS) is 26.3. The molecule has 1 aromatic rings. The van der Waals surface area contributed by atoms with Gasteiger partial charge in [-0.05, 0) is 24.6 Å². The van der Waals surface area contributed by atoms with E-state index in [1.54, 1.807) is 6.07 Å². The van der Waals surface area contributed by atoms with Gasteiger partial charge < -0.3 is 4.74 Å². The molecule has 1 aliphatic heterocycles. The first-order valence-electron chi connectivity index (χ1n) is 4.63. The molecule has 1 saturated heterocycles. The molecule has 0 amide bonds. The Morgan fingerprint density at radius 1 is 1.50 bits per heavy atom. The van der Waals surface area contributed by atoms with Crippen LogP contribution in [0.3, 0.4) is 0 Å². The van der Waals surface area contributed by atoms with E-state index < -0.39 is 0 Å². The molecule has 2 atom stereocenters. The zero-order valence-corrected chi connectivity index (χ0v) is 8.62. The minimum Gasteiger partial charge on any atom is -0.462 e. The molecular formula is C11H11ClO2. The van der Waals surface area contributed by atoms with E-state index in [4.69, 9.17) is 16.3 Å². The van der Waals surface area contributed by atoms with Crippen LogP contribution in [0.2, 0.25) is 5.02 Å². The van der Waals surface area contributed by atoms with E-state index in [1.165, 1.54) is 0 Å². The van der Waals surface area contributed by atoms with Crippen molar-refractivity contribution >= 4 is 17.6 Å². The van der Waals surface area contributed by atoms with Gasteiger partial charge in [0, 0.05) is 11.4 Å². The third kappa shape index (κ3) is 1.75. The SMILES string of the molecule is CC1CC(c2cccc(Cl)c2)C(=O)O1. The van der Waals surface area contributed by atoms with Crippen LogP contribution in [0.1, 0.15) is 24.8 Å². The van der Waals surface area contributed by atoms with E-state index in [0.717, 1.165) is 12.0 Å². The fraction of sp³-hybridized carbons (Fsp3) is 0.364. The average molecular weight is 211 g/mol. The average Bonchev–Trinajstić information content (AvgIpc) is 2.45. The second kappa shape index (κ2) is 3.62. The standard InChI is InChI=1S/C11H11ClO2/c1-7-5-10(11(13)14-7)8-3-2-4-9(12)6-8/h2-4,6-7,10H,5H2,1H3. The number of cyclic esters (lactones) is 1. The predicted molar refractivity (Wildman–Crippen MR) is 54.4 cm³/mol. The lowest BCUT2D eigenvalue weighted by molar-refractivity contribution is -0.141. The first-order valence-corrected chi connectivity index (χ1v) is 5.00. The lowest BCUT2D eigenvalue weighted by Gasteiger charge is -2.05. The largest absolute Gasteiger partial charge is 0.462 e. The van der Waals surface area contributed by atoms with Crippen molar-refractivity contribution in [1.82, 2.24) is 0 Å². The number of carbonyl (C=O) groups is 1. The Kier molecular flexibility index (Phi) is 2.46. The van der Waals surface area contributed by atoms with Crippen LogP contribution >= 0.6 is 11.6 Å². The smallest absolute Gasteiger partial charge is 0.313 e. The van der Waals surface area contributed by atoms with Crippen LogP contribution in [0, 0.1) is 0 Å². The van der Waals surface area contributed by atoms with Crippen molar-refractivity contribution in [1.29, 1.82) is 0 Å². The molecule has 0 saturated carbocycles. The van der Waals surface area contributed by atoms with Gasteiger partial charge in [0.15, 0.2) is 0 Å². The van der Waals surface area contributed by atoms with Crippen LogP contribution in [-0.4, -0.2) is 12.1 Å². The van der Waals surface area contributed by atoms with Gasteiger partial charge in [-0.25, -0.2) is 0 Å². The quantitative estimate of drug-likeness (QED) is 0.667. The van der Waals surface area contributed by atoms with Crippen molar-refractivity contribution in [3.63, 3.8) is 0 Å². The van der Waals surface area contributed by atoms with Gasteiger partial charge in [-0.15, -0.1) is 0 Å². The Morgan fingerprint density at radius 3 is 2.86 bits per heavy atom. The van der Waals surface area contributed by atoms with E-state index in [-0.39, 0.29) is 18.0 Å². The molecule has 2 rings (SSSR count). The Balaban J connectivity index is 2.27. The predicted octanol–water partition coefficient (Wildman–Crippen LogP) is 2.76. The highest BCUT2D eigenvalue weighted by molar-refractivity contribution is 6.30. The molecule has 3 heteroatoms. The number of benzene rings is 1. The molecule has 1 aliphatic rings. The summed E-state index contributed by atoms with van der Waals surface area (Å²) in [6, 6.07) is 7.39. The molecule has 0 spiro atoms. The molecule has 2 nitrogen and oxygen atoms in total. The van der Waals surface area contributed by atoms with Gasteiger partial charge in [-0.2, -0.15) is 0 Å². The topological polar surface area (TPSA) is 26.3 Å². The van der Waals surface area contributed by atoms with Crippen LogP contribution in [0.25, 0.3) is 0 Å². The number of ether oxygens (including phenoxy) is 1. The van der Waals surface area contributed by atoms with Crippen molar-refractivity contribution < 1.29 is 9.53 Å². The summed E-state index contributed by atoms with van der Waals surface area (Å²) in [7, 11) is 0. The zero-order valence-electron chi connectivity index (χ0n) is 7.87. The third-order valence-corrected chi connectivity index (χ3v) is 2.66. The summed E-state index contributed by atoms with van der Waals surface area (Å²) in [6.45, 7) is 1.91. The van der Waals surface area contributed by atoms with E-state index >= 15 is 0 Å². The van der Waals surface area contributed by atoms with Crippen LogP contribution in [0.15, 0.2) is 24.3 Å². The van der Waals surface area contributed by atoms with Crippen molar-refractivity contribution in [2.45, 2.75) is 25.4 Å². The highest BCUT2D eigenvalue weighted by Crippen LogP contribution is 2.31. The van der Waals surface area contributed by atoms with E-state index in [9.17, 15) is 4.79 Å². The molecule has 0 bridgehead atoms. The molecule has 0 aliphatic carbocycles. The molecule has 0 N–H and O–H groups in total. The molecule has 74 valence electrons. The van der Waals surface area contributed by atoms with Crippen molar-refractivity contribution in [2.24, 2.45) is 0 Å². The number of hydrogen-bond acceptors (Lipinski definition) is 2. The second-order valence-electron chi connectivity index (χ2n) is 3.59. The van der Waals surface area contributed by atoms with Gasteiger partial charge >= 0.3 is 5.97 Å². The summed E-state index contributed by atoms with van der Waals surface area (Å²) >= 11 is 5.86. The number of halogens is 1. The van der Waals surface area contributed by atoms with Crippen molar-refractivity contribution in [3.8, 4) is 0 Å². The first kappa shape index (κ1) is 9.53. The molecular weight excluding hydrogens is 200 g/mol. The fourth-order valence-corrected chi connectivity index (χ4v) is 1.95. The Bertz CT molecular complexity index is 362. The van der Waals surface area contributed by atoms with Crippen LogP contribution in [0.4, 0.5) is 0 Å². The van der Waals surface area contributed by atoms with Gasteiger partial charge in [-0.3, -0.25) is 4.79 Å². The molecule has 1 aromatic carbocycles. The number of hydrogen-bond donors (Lipinski definition) is 0. The van der Waals surface area contributed by atoms with Gasteiger partial charge in [-0.1, -0.05) is 23.7 Å². The molecule has 0 aromatic heterocycles. The summed E-state index contributed by atoms with van der Waals surface area (Å²) < 4.78 is 5.09. The molecule has 14 heavy (non-hydrogen) atoms. The van der Waals surface area contributed by atoms with Crippen LogP contribution in [-0.2, 0) is 9.53 Å². The Labute approximate surface area is 87.8 Å². The van der Waals surface area contributed by atoms with Crippen LogP contribution in [0.5, 0.6) is 0 Å². The number of rotatable bonds is 1. The first-order chi connectivity index (χ1) is 6.66. The lowest BCUT2D eigenvalue weighted by Crippen LogP contribution is -2.05. The monoisotopic (exact) mass is 210 g/mol. The Morgan fingerprint density at radius 2 is 2.29 bits per heavy atom. The van der Waals surface area contributed by atoms with E-state index in [2.05, 4.69) is 0 Å². The Hall–Kier alpha value is -1.02. The van der Waals surface area contributed by atoms with Crippen LogP contribution < -0.4 is 0 Å². The van der Waals surface area contributed by atoms with E-state index in [0.29, 0.717) is 5.02 Å². The van der Waals surface area contributed by atoms with Gasteiger partial charge in [0.2, 0.25) is 0 Å². The maximum absolute atomic E-state index is 11.4. The minimum absolute atomic E-state index is 0.0199. The third-order valence-electron chi connectivity index (χ3n) is 2.42. The zero-order chi connectivity index (χ0) is 10.1. The minimum atomic E-state index is -0.139. The summed E-state index contributed by atoms with van der Waals surface area (Å²) in [5.41, 5.74) is 0.951. The summed E-state index contributed by atoms with van der Waals surface area (Å²) in [5, 5.41) is 0.662. The second-order valence-corrected chi connectivity index (χ2v) is 4.03. The van der Waals surface area contributed by atoms with E-state index in [1.807, 2.05) is 25.1 Å². The summed E-state index contributed by atoms with van der Waals surface area (Å²) in [5.74, 6) is -0.275.